The fourth-order valence-corrected chi connectivity index (χ4v) is 3.86. The Labute approximate surface area is 195 Å². The molecule has 0 bridgehead atoms. The van der Waals surface area contributed by atoms with Crippen molar-refractivity contribution in [3.8, 4) is 11.6 Å². The molecule has 0 saturated carbocycles. The van der Waals surface area contributed by atoms with Crippen LogP contribution in [0.5, 0.6) is 11.6 Å². The van der Waals surface area contributed by atoms with E-state index in [1.54, 1.807) is 19.2 Å². The van der Waals surface area contributed by atoms with Crippen LogP contribution in [0.25, 0.3) is 28.8 Å². The van der Waals surface area contributed by atoms with E-state index in [0.717, 1.165) is 44.0 Å². The SMILES string of the molecule is COC(=O)c1ccc(/C=C/C2=c3cc/c(=C\c4c(O)[nH]c5ccc(OC)cc45)cc3N=N2)cc1. The summed E-state index contributed by atoms with van der Waals surface area (Å²) in [7, 11) is 2.97. The lowest BCUT2D eigenvalue weighted by Gasteiger charge is -1.99. The third-order valence-electron chi connectivity index (χ3n) is 5.66. The molecule has 7 nitrogen and oxygen atoms in total. The van der Waals surface area contributed by atoms with Gasteiger partial charge in [-0.1, -0.05) is 24.3 Å². The van der Waals surface area contributed by atoms with E-state index in [-0.39, 0.29) is 11.8 Å². The Balaban J connectivity index is 1.47. The lowest BCUT2D eigenvalue weighted by molar-refractivity contribution is 0.0600. The lowest BCUT2D eigenvalue weighted by atomic mass is 10.1. The van der Waals surface area contributed by atoms with Crippen molar-refractivity contribution in [3.63, 3.8) is 0 Å². The van der Waals surface area contributed by atoms with Gasteiger partial charge in [-0.2, -0.15) is 0 Å². The lowest BCUT2D eigenvalue weighted by Crippen LogP contribution is -2.08. The van der Waals surface area contributed by atoms with Crippen molar-refractivity contribution < 1.29 is 19.4 Å². The van der Waals surface area contributed by atoms with E-state index in [1.807, 2.05) is 66.8 Å². The fraction of sp³-hybridized carbons (Fsp3) is 0.0741. The molecule has 168 valence electrons. The molecule has 0 amide bonds. The minimum Gasteiger partial charge on any atom is -0.497 e. The number of azo groups is 1. The summed E-state index contributed by atoms with van der Waals surface area (Å²) in [6.45, 7) is 0. The van der Waals surface area contributed by atoms with Crippen LogP contribution in [-0.4, -0.2) is 30.3 Å². The molecule has 1 aromatic heterocycles. The molecule has 0 atom stereocenters. The normalized spacial score (nSPS) is 13.1. The van der Waals surface area contributed by atoms with Crippen LogP contribution in [0.15, 0.2) is 77.0 Å². The maximum Gasteiger partial charge on any atom is 0.337 e. The van der Waals surface area contributed by atoms with Crippen molar-refractivity contribution in [2.24, 2.45) is 10.2 Å². The minimum atomic E-state index is -0.365. The van der Waals surface area contributed by atoms with Crippen molar-refractivity contribution >= 4 is 40.4 Å². The molecule has 1 aliphatic heterocycles. The molecule has 1 aliphatic rings. The summed E-state index contributed by atoms with van der Waals surface area (Å²) in [4.78, 5) is 14.6. The van der Waals surface area contributed by atoms with Gasteiger partial charge in [-0.15, -0.1) is 10.2 Å². The number of carbonyl (C=O) groups is 1. The van der Waals surface area contributed by atoms with Gasteiger partial charge in [-0.05, 0) is 65.4 Å². The zero-order valence-corrected chi connectivity index (χ0v) is 18.6. The third-order valence-corrected chi connectivity index (χ3v) is 5.66. The van der Waals surface area contributed by atoms with Crippen LogP contribution in [0.1, 0.15) is 21.5 Å². The Morgan fingerprint density at radius 2 is 1.79 bits per heavy atom. The number of ether oxygens (including phenoxy) is 2. The predicted molar refractivity (Wildman–Crippen MR) is 131 cm³/mol. The van der Waals surface area contributed by atoms with Crippen LogP contribution in [0, 0.1) is 0 Å². The highest BCUT2D eigenvalue weighted by Gasteiger charge is 2.11. The standard InChI is InChI=1S/C27H21N3O4/c1-33-19-9-12-23-21(15-19)22(26(31)28-23)13-17-5-10-20-24(29-30-25(20)14-17)11-6-16-3-7-18(8-4-16)27(32)34-2/h3-15,28,31H,1-2H3/b11-6+,17-13+. The number of aromatic hydroxyl groups is 1. The molecule has 3 aromatic carbocycles. The van der Waals surface area contributed by atoms with Gasteiger partial charge >= 0.3 is 5.97 Å². The number of H-pyrrole nitrogens is 1. The molecular formula is C27H21N3O4. The van der Waals surface area contributed by atoms with Gasteiger partial charge in [-0.3, -0.25) is 0 Å². The van der Waals surface area contributed by atoms with Crippen LogP contribution in [-0.2, 0) is 4.74 Å². The highest BCUT2D eigenvalue weighted by atomic mass is 16.5. The Morgan fingerprint density at radius 3 is 2.56 bits per heavy atom. The number of nitrogens with one attached hydrogen (secondary N) is 1. The van der Waals surface area contributed by atoms with Gasteiger partial charge in [0.15, 0.2) is 5.88 Å². The van der Waals surface area contributed by atoms with Crippen molar-refractivity contribution in [3.05, 3.63) is 93.9 Å². The van der Waals surface area contributed by atoms with Crippen LogP contribution >= 0.6 is 0 Å². The molecule has 2 heterocycles. The Morgan fingerprint density at radius 1 is 0.971 bits per heavy atom. The Bertz CT molecular complexity index is 1600. The van der Waals surface area contributed by atoms with Crippen LogP contribution < -0.4 is 15.2 Å². The minimum absolute atomic E-state index is 0.0961. The second kappa shape index (κ2) is 8.71. The molecule has 0 radical (unpaired) electrons. The number of benzene rings is 3. The quantitative estimate of drug-likeness (QED) is 0.439. The van der Waals surface area contributed by atoms with Crippen molar-refractivity contribution in [1.29, 1.82) is 0 Å². The van der Waals surface area contributed by atoms with E-state index in [4.69, 9.17) is 9.47 Å². The summed E-state index contributed by atoms with van der Waals surface area (Å²) in [5.41, 5.74) is 4.44. The number of rotatable bonds is 5. The molecule has 0 spiro atoms. The summed E-state index contributed by atoms with van der Waals surface area (Å²) >= 11 is 0. The summed E-state index contributed by atoms with van der Waals surface area (Å²) < 4.78 is 10.0. The van der Waals surface area contributed by atoms with Gasteiger partial charge in [-0.25, -0.2) is 4.79 Å². The van der Waals surface area contributed by atoms with Gasteiger partial charge in [0, 0.05) is 21.7 Å². The van der Waals surface area contributed by atoms with Gasteiger partial charge in [0.1, 0.15) is 5.75 Å². The largest absolute Gasteiger partial charge is 0.497 e. The number of hydrogen-bond donors (Lipinski definition) is 2. The molecule has 4 aromatic rings. The molecule has 0 fully saturated rings. The zero-order valence-electron chi connectivity index (χ0n) is 18.6. The predicted octanol–water partition coefficient (Wildman–Crippen LogP) is 4.42. The van der Waals surface area contributed by atoms with E-state index in [0.29, 0.717) is 11.1 Å². The smallest absolute Gasteiger partial charge is 0.337 e. The average Bonchev–Trinajstić information content (AvgIpc) is 3.42. The summed E-state index contributed by atoms with van der Waals surface area (Å²) in [6, 6.07) is 18.6. The first kappa shape index (κ1) is 21.2. The molecule has 5 rings (SSSR count). The van der Waals surface area contributed by atoms with Gasteiger partial charge in [0.05, 0.1) is 31.2 Å². The molecule has 2 N–H and O–H groups in total. The monoisotopic (exact) mass is 451 g/mol. The average molecular weight is 451 g/mol. The van der Waals surface area contributed by atoms with E-state index in [9.17, 15) is 9.90 Å². The summed E-state index contributed by atoms with van der Waals surface area (Å²) in [5.74, 6) is 0.449. The third kappa shape index (κ3) is 3.95. The van der Waals surface area contributed by atoms with E-state index < -0.39 is 0 Å². The molecular weight excluding hydrogens is 430 g/mol. The van der Waals surface area contributed by atoms with E-state index in [2.05, 4.69) is 15.2 Å². The summed E-state index contributed by atoms with van der Waals surface area (Å²) in [6.07, 6.45) is 5.71. The zero-order chi connectivity index (χ0) is 23.7. The van der Waals surface area contributed by atoms with Crippen molar-refractivity contribution in [1.82, 2.24) is 4.98 Å². The number of aromatic amines is 1. The number of hydrogen-bond acceptors (Lipinski definition) is 6. The molecule has 7 heteroatoms. The topological polar surface area (TPSA) is 96.3 Å². The first-order chi connectivity index (χ1) is 16.6. The number of methoxy groups -OCH3 is 2. The maximum absolute atomic E-state index is 11.6. The Hall–Kier alpha value is -4.65. The molecule has 0 unspecified atom stereocenters. The highest BCUT2D eigenvalue weighted by molar-refractivity contribution is 5.93. The van der Waals surface area contributed by atoms with E-state index >= 15 is 0 Å². The number of nitrogens with zero attached hydrogens (tertiary/aromatic N) is 2. The van der Waals surface area contributed by atoms with Crippen molar-refractivity contribution in [2.75, 3.05) is 14.2 Å². The van der Waals surface area contributed by atoms with Crippen molar-refractivity contribution in [2.45, 2.75) is 0 Å². The van der Waals surface area contributed by atoms with Gasteiger partial charge < -0.3 is 19.6 Å². The molecule has 0 aliphatic carbocycles. The summed E-state index contributed by atoms with van der Waals surface area (Å²) in [5, 5.41) is 21.7. The van der Waals surface area contributed by atoms with Crippen LogP contribution in [0.2, 0.25) is 0 Å². The van der Waals surface area contributed by atoms with E-state index in [1.165, 1.54) is 7.11 Å². The fourth-order valence-electron chi connectivity index (χ4n) is 3.86. The first-order valence-corrected chi connectivity index (χ1v) is 10.6. The first-order valence-electron chi connectivity index (χ1n) is 10.6. The van der Waals surface area contributed by atoms with Crippen LogP contribution in [0.3, 0.4) is 0 Å². The van der Waals surface area contributed by atoms with Gasteiger partial charge in [0.2, 0.25) is 0 Å². The second-order valence-electron chi connectivity index (χ2n) is 7.75. The van der Waals surface area contributed by atoms with Gasteiger partial charge in [0.25, 0.3) is 0 Å². The van der Waals surface area contributed by atoms with Crippen LogP contribution in [0.4, 0.5) is 5.69 Å². The molecule has 0 saturated heterocycles. The number of aromatic nitrogens is 1. The Kier molecular flexibility index (Phi) is 5.43. The number of esters is 1. The highest BCUT2D eigenvalue weighted by Crippen LogP contribution is 2.30. The number of fused-ring (bicyclic) bond motifs is 2. The maximum atomic E-state index is 11.6. The molecule has 34 heavy (non-hydrogen) atoms. The second-order valence-corrected chi connectivity index (χ2v) is 7.75. The number of carbonyl (C=O) groups excluding carboxylic acids is 1.